The van der Waals surface area contributed by atoms with Gasteiger partial charge in [-0.3, -0.25) is 9.69 Å². The minimum atomic E-state index is -4.51. The van der Waals surface area contributed by atoms with Crippen LogP contribution in [0.3, 0.4) is 0 Å². The van der Waals surface area contributed by atoms with Crippen molar-refractivity contribution in [1.29, 1.82) is 0 Å². The van der Waals surface area contributed by atoms with Crippen molar-refractivity contribution in [1.82, 2.24) is 15.1 Å². The van der Waals surface area contributed by atoms with Crippen molar-refractivity contribution in [3.8, 4) is 0 Å². The number of hydrogen-bond acceptors (Lipinski definition) is 6. The number of halogens is 3. The van der Waals surface area contributed by atoms with E-state index in [9.17, 15) is 27.6 Å². The number of alkyl halides is 3. The summed E-state index contributed by atoms with van der Waals surface area (Å²) in [5, 5.41) is 3.02. The molecule has 42 heavy (non-hydrogen) atoms. The number of likely N-dealkylation sites (tertiary alicyclic amines) is 1. The van der Waals surface area contributed by atoms with E-state index in [1.165, 1.54) is 23.9 Å². The van der Waals surface area contributed by atoms with Gasteiger partial charge < -0.3 is 24.4 Å². The molecule has 4 rings (SSSR count). The summed E-state index contributed by atoms with van der Waals surface area (Å²) in [5.41, 5.74) is -0.988. The molecule has 2 aromatic carbocycles. The quantitative estimate of drug-likeness (QED) is 0.426. The van der Waals surface area contributed by atoms with Crippen LogP contribution in [-0.4, -0.2) is 67.5 Å². The van der Waals surface area contributed by atoms with Gasteiger partial charge >= 0.3 is 18.4 Å². The maximum absolute atomic E-state index is 13.7. The average Bonchev–Trinajstić information content (AvgIpc) is 3.31. The van der Waals surface area contributed by atoms with Crippen LogP contribution < -0.4 is 5.32 Å². The molecule has 0 saturated carbocycles. The zero-order chi connectivity index (χ0) is 30.7. The molecule has 3 amide bonds. The van der Waals surface area contributed by atoms with E-state index in [1.807, 2.05) is 30.3 Å². The molecule has 2 heterocycles. The van der Waals surface area contributed by atoms with Gasteiger partial charge in [-0.2, -0.15) is 13.2 Å². The van der Waals surface area contributed by atoms with Crippen LogP contribution in [0.1, 0.15) is 61.0 Å². The molecule has 3 atom stereocenters. The first-order valence-corrected chi connectivity index (χ1v) is 13.7. The fraction of sp³-hybridized carbons (Fsp3) is 0.500. The first-order valence-electron chi connectivity index (χ1n) is 13.7. The van der Waals surface area contributed by atoms with Crippen LogP contribution in [0.25, 0.3) is 0 Å². The summed E-state index contributed by atoms with van der Waals surface area (Å²) in [5.74, 6) is -0.111. The van der Waals surface area contributed by atoms with Gasteiger partial charge in [0.05, 0.1) is 29.4 Å². The molecule has 2 aromatic rings. The molecule has 0 aromatic heterocycles. The molecule has 2 aliphatic rings. The lowest BCUT2D eigenvalue weighted by Gasteiger charge is -2.52. The number of carbonyl (C=O) groups excluding carboxylic acids is 3. The summed E-state index contributed by atoms with van der Waals surface area (Å²) < 4.78 is 57.2. The van der Waals surface area contributed by atoms with Gasteiger partial charge in [-0.15, -0.1) is 0 Å². The van der Waals surface area contributed by atoms with E-state index in [0.717, 1.165) is 17.7 Å². The summed E-state index contributed by atoms with van der Waals surface area (Å²) in [7, 11) is 2.98. The Labute approximate surface area is 242 Å². The van der Waals surface area contributed by atoms with Crippen molar-refractivity contribution in [3.63, 3.8) is 0 Å². The number of nitrogens with zero attached hydrogens (tertiary/aromatic N) is 2. The second-order valence-corrected chi connectivity index (χ2v) is 11.2. The Bertz CT molecular complexity index is 1300. The molecule has 0 radical (unpaired) electrons. The fourth-order valence-corrected chi connectivity index (χ4v) is 5.62. The highest BCUT2D eigenvalue weighted by atomic mass is 19.4. The van der Waals surface area contributed by atoms with Crippen molar-refractivity contribution in [3.05, 3.63) is 70.8 Å². The Balaban J connectivity index is 1.66. The molecule has 2 aliphatic heterocycles. The van der Waals surface area contributed by atoms with E-state index in [4.69, 9.17) is 14.2 Å². The number of piperidine rings is 1. The second kappa shape index (κ2) is 12.2. The van der Waals surface area contributed by atoms with Crippen LogP contribution in [0, 0.1) is 6.92 Å². The van der Waals surface area contributed by atoms with Crippen LogP contribution in [0.2, 0.25) is 0 Å². The Kier molecular flexibility index (Phi) is 9.05. The molecular formula is C30H36F3N3O6. The zero-order valence-electron chi connectivity index (χ0n) is 24.1. The number of nitrogens with one attached hydrogen (secondary N) is 1. The summed E-state index contributed by atoms with van der Waals surface area (Å²) >= 11 is 0. The summed E-state index contributed by atoms with van der Waals surface area (Å²) in [4.78, 5) is 40.5. The van der Waals surface area contributed by atoms with Crippen molar-refractivity contribution < 1.29 is 41.8 Å². The minimum absolute atomic E-state index is 0.0654. The number of carbonyl (C=O) groups is 3. The molecule has 1 spiro atoms. The van der Waals surface area contributed by atoms with E-state index in [2.05, 4.69) is 5.32 Å². The van der Waals surface area contributed by atoms with Crippen LogP contribution in [0.15, 0.2) is 48.5 Å². The first-order chi connectivity index (χ1) is 19.7. The maximum atomic E-state index is 13.7. The van der Waals surface area contributed by atoms with Gasteiger partial charge in [-0.1, -0.05) is 42.0 Å². The standard InChI is InChI=1S/C30H36F3N3O6/c1-20-14-22(16-24(15-20)30(31,32)33)21(2)40-18-29(23-8-6-5-7-9-23)13-12-28(11-10-25(37)34-28)17-36(29)27(39)42-19-41-26(38)35(3)4/h5-9,14-16,21H,10-13,17-19H2,1-4H3,(H,34,37)/t21-,28-,29-/m1/s1. The lowest BCUT2D eigenvalue weighted by Crippen LogP contribution is -2.65. The van der Waals surface area contributed by atoms with Crippen LogP contribution in [0.5, 0.6) is 0 Å². The number of amides is 3. The molecule has 2 fully saturated rings. The SMILES string of the molecule is Cc1cc([C@@H](C)OC[C@@]2(c3ccccc3)CC[C@]3(CCC(=O)N3)CN2C(=O)OCOC(=O)N(C)C)cc(C(F)(F)F)c1. The highest BCUT2D eigenvalue weighted by Crippen LogP contribution is 2.45. The molecule has 2 saturated heterocycles. The van der Waals surface area contributed by atoms with Gasteiger partial charge in [0.25, 0.3) is 0 Å². The Morgan fingerprint density at radius 3 is 2.40 bits per heavy atom. The van der Waals surface area contributed by atoms with Crippen molar-refractivity contribution in [2.75, 3.05) is 34.0 Å². The number of rotatable bonds is 7. The lowest BCUT2D eigenvalue weighted by molar-refractivity contribution is -0.137. The van der Waals surface area contributed by atoms with E-state index in [-0.39, 0.29) is 19.1 Å². The summed E-state index contributed by atoms with van der Waals surface area (Å²) in [6.45, 7) is 2.67. The van der Waals surface area contributed by atoms with E-state index in [1.54, 1.807) is 19.9 Å². The van der Waals surface area contributed by atoms with E-state index in [0.29, 0.717) is 36.8 Å². The van der Waals surface area contributed by atoms with Gasteiger partial charge in [0.2, 0.25) is 12.7 Å². The van der Waals surface area contributed by atoms with Gasteiger partial charge in [0, 0.05) is 27.1 Å². The lowest BCUT2D eigenvalue weighted by atomic mass is 9.74. The summed E-state index contributed by atoms with van der Waals surface area (Å²) in [6, 6.07) is 13.0. The number of hydrogen-bond donors (Lipinski definition) is 1. The number of aryl methyl sites for hydroxylation is 1. The Morgan fingerprint density at radius 2 is 1.79 bits per heavy atom. The third-order valence-corrected chi connectivity index (χ3v) is 7.96. The Hall–Kier alpha value is -3.80. The fourth-order valence-electron chi connectivity index (χ4n) is 5.62. The molecule has 0 aliphatic carbocycles. The van der Waals surface area contributed by atoms with Crippen LogP contribution in [0.4, 0.5) is 22.8 Å². The summed E-state index contributed by atoms with van der Waals surface area (Å²) in [6.07, 6.45) is -4.97. The van der Waals surface area contributed by atoms with Crippen molar-refractivity contribution in [2.45, 2.75) is 62.9 Å². The molecule has 228 valence electrons. The predicted octanol–water partition coefficient (Wildman–Crippen LogP) is 5.52. The molecular weight excluding hydrogens is 555 g/mol. The smallest absolute Gasteiger partial charge is 0.412 e. The molecule has 0 bridgehead atoms. The van der Waals surface area contributed by atoms with Gasteiger partial charge in [0.15, 0.2) is 0 Å². The molecule has 1 N–H and O–H groups in total. The third kappa shape index (κ3) is 6.80. The minimum Gasteiger partial charge on any atom is -0.412 e. The van der Waals surface area contributed by atoms with Gasteiger partial charge in [-0.25, -0.2) is 9.59 Å². The monoisotopic (exact) mass is 591 g/mol. The number of ether oxygens (including phenoxy) is 3. The van der Waals surface area contributed by atoms with E-state index >= 15 is 0 Å². The highest BCUT2D eigenvalue weighted by Gasteiger charge is 2.54. The predicted molar refractivity (Wildman–Crippen MR) is 146 cm³/mol. The molecule has 9 nitrogen and oxygen atoms in total. The van der Waals surface area contributed by atoms with E-state index < -0.39 is 47.9 Å². The normalized spacial score (nSPS) is 22.9. The van der Waals surface area contributed by atoms with Crippen LogP contribution >= 0.6 is 0 Å². The Morgan fingerprint density at radius 1 is 1.07 bits per heavy atom. The largest absolute Gasteiger partial charge is 0.416 e. The molecule has 0 unspecified atom stereocenters. The molecule has 12 heteroatoms. The first kappa shape index (κ1) is 31.1. The van der Waals surface area contributed by atoms with Crippen molar-refractivity contribution in [2.24, 2.45) is 0 Å². The number of benzene rings is 2. The maximum Gasteiger partial charge on any atom is 0.416 e. The van der Waals surface area contributed by atoms with Gasteiger partial charge in [-0.05, 0) is 56.4 Å². The van der Waals surface area contributed by atoms with Crippen LogP contribution in [-0.2, 0) is 30.7 Å². The van der Waals surface area contributed by atoms with Crippen molar-refractivity contribution >= 4 is 18.1 Å². The highest BCUT2D eigenvalue weighted by molar-refractivity contribution is 5.80. The third-order valence-electron chi connectivity index (χ3n) is 7.96. The van der Waals surface area contributed by atoms with Gasteiger partial charge in [0.1, 0.15) is 0 Å². The zero-order valence-corrected chi connectivity index (χ0v) is 24.1. The topological polar surface area (TPSA) is 97.4 Å². The second-order valence-electron chi connectivity index (χ2n) is 11.2. The average molecular weight is 592 g/mol.